The molecule has 0 radical (unpaired) electrons. The van der Waals surface area contributed by atoms with Crippen LogP contribution in [0.4, 0.5) is 22.8 Å². The van der Waals surface area contributed by atoms with Crippen molar-refractivity contribution in [3.63, 3.8) is 0 Å². The van der Waals surface area contributed by atoms with Gasteiger partial charge in [0.2, 0.25) is 0 Å². The van der Waals surface area contributed by atoms with Crippen LogP contribution in [0.15, 0.2) is 60.7 Å². The third-order valence-corrected chi connectivity index (χ3v) is 7.13. The Labute approximate surface area is 217 Å². The first-order valence-electron chi connectivity index (χ1n) is 12.1. The molecule has 10 heteroatoms. The number of carbonyl (C=O) groups excluding carboxylic acids is 2. The number of piperazine rings is 1. The minimum atomic E-state index is -1.65. The van der Waals surface area contributed by atoms with Crippen molar-refractivity contribution in [2.45, 2.75) is 18.0 Å². The summed E-state index contributed by atoms with van der Waals surface area (Å²) in [6.07, 6.45) is -1.59. The largest absolute Gasteiger partial charge is 0.453 e. The minimum absolute atomic E-state index is 0.0267. The highest BCUT2D eigenvalue weighted by Gasteiger charge is 2.42. The van der Waals surface area contributed by atoms with E-state index in [1.807, 2.05) is 48.5 Å². The maximum atomic E-state index is 14.2. The van der Waals surface area contributed by atoms with Crippen LogP contribution in [-0.2, 0) is 9.47 Å². The van der Waals surface area contributed by atoms with Gasteiger partial charge in [0.1, 0.15) is 6.61 Å². The van der Waals surface area contributed by atoms with E-state index < -0.39 is 48.3 Å². The zero-order valence-corrected chi connectivity index (χ0v) is 20.4. The summed E-state index contributed by atoms with van der Waals surface area (Å²) < 4.78 is 52.5. The second kappa shape index (κ2) is 10.4. The lowest BCUT2D eigenvalue weighted by molar-refractivity contribution is -0.00552. The number of methoxy groups -OCH3 is 1. The Morgan fingerprint density at radius 1 is 0.921 bits per heavy atom. The highest BCUT2D eigenvalue weighted by atomic mass is 19.2. The molecule has 5 rings (SSSR count). The Balaban J connectivity index is 1.45. The fourth-order valence-corrected chi connectivity index (χ4v) is 5.37. The number of fused-ring (bicyclic) bond motifs is 3. The summed E-state index contributed by atoms with van der Waals surface area (Å²) in [6.45, 7) is -0.907. The zero-order valence-electron chi connectivity index (χ0n) is 20.4. The van der Waals surface area contributed by atoms with Gasteiger partial charge in [0.05, 0.1) is 25.8 Å². The number of nitrogens with zero attached hydrogens (tertiary/aromatic N) is 2. The summed E-state index contributed by atoms with van der Waals surface area (Å²) in [5.41, 5.74) is 3.98. The van der Waals surface area contributed by atoms with Crippen LogP contribution in [0.25, 0.3) is 11.1 Å². The predicted octanol–water partition coefficient (Wildman–Crippen LogP) is 4.84. The molecule has 7 nitrogen and oxygen atoms in total. The van der Waals surface area contributed by atoms with Crippen molar-refractivity contribution in [3.05, 3.63) is 94.8 Å². The molecule has 1 N–H and O–H groups in total. The molecule has 0 bridgehead atoms. The Morgan fingerprint density at radius 2 is 1.50 bits per heavy atom. The molecule has 3 aromatic rings. The van der Waals surface area contributed by atoms with Crippen LogP contribution < -0.4 is 0 Å². The van der Waals surface area contributed by atoms with Gasteiger partial charge in [0, 0.05) is 19.0 Å². The molecule has 38 heavy (non-hydrogen) atoms. The Kier molecular flexibility index (Phi) is 6.98. The number of carbonyl (C=O) groups is 2. The topological polar surface area (TPSA) is 79.3 Å². The van der Waals surface area contributed by atoms with Crippen LogP contribution in [0.1, 0.15) is 28.7 Å². The quantitative estimate of drug-likeness (QED) is 0.493. The fraction of sp³-hybridized carbons (Fsp3) is 0.286. The predicted molar refractivity (Wildman–Crippen MR) is 131 cm³/mol. The molecule has 2 unspecified atom stereocenters. The number of rotatable bonds is 4. The number of halogens is 3. The first-order chi connectivity index (χ1) is 18.3. The van der Waals surface area contributed by atoms with Gasteiger partial charge in [-0.3, -0.25) is 4.90 Å². The number of hydrogen-bond acceptors (Lipinski definition) is 5. The van der Waals surface area contributed by atoms with Crippen molar-refractivity contribution in [1.29, 1.82) is 0 Å². The first kappa shape index (κ1) is 25.6. The van der Waals surface area contributed by atoms with Crippen LogP contribution in [0.2, 0.25) is 0 Å². The maximum absolute atomic E-state index is 14.2. The van der Waals surface area contributed by atoms with Gasteiger partial charge in [-0.2, -0.15) is 0 Å². The van der Waals surface area contributed by atoms with E-state index in [1.165, 1.54) is 12.0 Å². The molecular weight excluding hydrogens is 501 g/mol. The summed E-state index contributed by atoms with van der Waals surface area (Å²) in [5.74, 6) is -4.78. The first-order valence-corrected chi connectivity index (χ1v) is 12.1. The van der Waals surface area contributed by atoms with Gasteiger partial charge in [-0.15, -0.1) is 0 Å². The lowest BCUT2D eigenvalue weighted by Gasteiger charge is -2.45. The van der Waals surface area contributed by atoms with E-state index in [4.69, 9.17) is 9.47 Å². The van der Waals surface area contributed by atoms with E-state index in [0.717, 1.165) is 39.3 Å². The van der Waals surface area contributed by atoms with Crippen molar-refractivity contribution in [2.24, 2.45) is 0 Å². The highest BCUT2D eigenvalue weighted by Crippen LogP contribution is 2.44. The van der Waals surface area contributed by atoms with Gasteiger partial charge in [-0.1, -0.05) is 48.5 Å². The second-order valence-corrected chi connectivity index (χ2v) is 9.24. The van der Waals surface area contributed by atoms with E-state index in [-0.39, 0.29) is 31.2 Å². The van der Waals surface area contributed by atoms with Gasteiger partial charge in [0.25, 0.3) is 0 Å². The number of aliphatic hydroxyl groups excluding tert-OH is 1. The minimum Gasteiger partial charge on any atom is -0.453 e. The van der Waals surface area contributed by atoms with E-state index >= 15 is 0 Å². The van der Waals surface area contributed by atoms with Crippen molar-refractivity contribution < 1.29 is 37.3 Å². The molecule has 1 saturated heterocycles. The summed E-state index contributed by atoms with van der Waals surface area (Å²) in [7, 11) is 1.17. The fourth-order valence-electron chi connectivity index (χ4n) is 5.37. The lowest BCUT2D eigenvalue weighted by atomic mass is 9.98. The Morgan fingerprint density at radius 3 is 2.05 bits per heavy atom. The van der Waals surface area contributed by atoms with Gasteiger partial charge in [-0.05, 0) is 39.9 Å². The molecule has 1 aliphatic heterocycles. The normalized spacial score (nSPS) is 18.7. The van der Waals surface area contributed by atoms with E-state index in [0.29, 0.717) is 0 Å². The summed E-state index contributed by atoms with van der Waals surface area (Å²) in [6, 6.07) is 15.0. The number of hydrogen-bond donors (Lipinski definition) is 1. The van der Waals surface area contributed by atoms with Crippen LogP contribution >= 0.6 is 0 Å². The lowest BCUT2D eigenvalue weighted by Crippen LogP contribution is -2.59. The van der Waals surface area contributed by atoms with Crippen LogP contribution in [0.5, 0.6) is 0 Å². The summed E-state index contributed by atoms with van der Waals surface area (Å²) in [5, 5.41) is 10.1. The number of benzene rings is 3. The van der Waals surface area contributed by atoms with Gasteiger partial charge < -0.3 is 19.5 Å². The van der Waals surface area contributed by atoms with E-state index in [9.17, 15) is 27.9 Å². The van der Waals surface area contributed by atoms with Gasteiger partial charge in [-0.25, -0.2) is 22.8 Å². The number of aliphatic hydroxyl groups is 1. The highest BCUT2D eigenvalue weighted by molar-refractivity contribution is 5.79. The van der Waals surface area contributed by atoms with E-state index in [1.54, 1.807) is 0 Å². The monoisotopic (exact) mass is 526 g/mol. The zero-order chi connectivity index (χ0) is 27.0. The van der Waals surface area contributed by atoms with E-state index in [2.05, 4.69) is 0 Å². The molecule has 3 aromatic carbocycles. The SMILES string of the molecule is COC(=O)N1CC(CO)N(C(=O)OCC2c3ccccc3-c3ccccc32)C(c2cc(F)c(F)c(F)c2)C1. The van der Waals surface area contributed by atoms with Gasteiger partial charge in [0.15, 0.2) is 17.5 Å². The molecule has 2 amide bonds. The molecule has 1 fully saturated rings. The van der Waals surface area contributed by atoms with Crippen molar-refractivity contribution in [2.75, 3.05) is 33.4 Å². The number of ether oxygens (including phenoxy) is 2. The molecule has 198 valence electrons. The van der Waals surface area contributed by atoms with Crippen molar-refractivity contribution >= 4 is 12.2 Å². The molecule has 2 aliphatic rings. The molecule has 0 spiro atoms. The smallest absolute Gasteiger partial charge is 0.410 e. The Hall–Kier alpha value is -4.05. The molecule has 2 atom stereocenters. The average Bonchev–Trinajstić information content (AvgIpc) is 3.26. The second-order valence-electron chi connectivity index (χ2n) is 9.24. The Bertz CT molecular complexity index is 1320. The summed E-state index contributed by atoms with van der Waals surface area (Å²) in [4.78, 5) is 28.2. The van der Waals surface area contributed by atoms with Crippen molar-refractivity contribution in [1.82, 2.24) is 9.80 Å². The van der Waals surface area contributed by atoms with Crippen LogP contribution in [0, 0.1) is 17.5 Å². The molecule has 0 saturated carbocycles. The van der Waals surface area contributed by atoms with Crippen LogP contribution in [0.3, 0.4) is 0 Å². The average molecular weight is 527 g/mol. The van der Waals surface area contributed by atoms with Gasteiger partial charge >= 0.3 is 12.2 Å². The molecule has 1 aliphatic carbocycles. The third-order valence-electron chi connectivity index (χ3n) is 7.13. The third kappa shape index (κ3) is 4.45. The summed E-state index contributed by atoms with van der Waals surface area (Å²) >= 11 is 0. The number of amides is 2. The van der Waals surface area contributed by atoms with Crippen molar-refractivity contribution in [3.8, 4) is 11.1 Å². The molecule has 0 aromatic heterocycles. The van der Waals surface area contributed by atoms with Crippen LogP contribution in [-0.4, -0.2) is 66.5 Å². The maximum Gasteiger partial charge on any atom is 0.410 e. The molecule has 1 heterocycles. The molecular formula is C28H25F3N2O5. The standard InChI is InChI=1S/C28H25F3N2O5/c1-37-27(35)32-12-17(14-34)33(25(13-32)16-10-23(29)26(31)24(30)11-16)28(36)38-15-22-20-8-4-2-6-18(20)19-7-3-5-9-21(19)22/h2-11,17,22,25,34H,12-15H2,1H3.